The predicted molar refractivity (Wildman–Crippen MR) is 386 cm³/mol. The van der Waals surface area contributed by atoms with Crippen LogP contribution in [-0.2, 0) is 393 Å². The topological polar surface area (TPSA) is 206 Å². The van der Waals surface area contributed by atoms with Gasteiger partial charge < -0.3 is 133 Å². The second-order valence-corrected chi connectivity index (χ2v) is 22.3. The number of nitrogens with two attached hydrogens (primary N) is 3. The summed E-state index contributed by atoms with van der Waals surface area (Å²) < 4.78 is 0. The fourth-order valence-electron chi connectivity index (χ4n) is 9.80. The Balaban J connectivity index is -0.0000000759. The summed E-state index contributed by atoms with van der Waals surface area (Å²) in [4.78, 5) is 22.6. The number of nitrogens with zero attached hydrogens (tertiary/aromatic N) is 16. The molecule has 19 nitrogen and oxygen atoms in total. The van der Waals surface area contributed by atoms with Crippen molar-refractivity contribution in [3.63, 3.8) is 0 Å². The van der Waals surface area contributed by atoms with Gasteiger partial charge in [-0.3, -0.25) is 0 Å². The quantitative estimate of drug-likeness (QED) is 0.0386. The first kappa shape index (κ1) is 148. The van der Waals surface area contributed by atoms with E-state index in [-0.39, 0.29) is 400 Å². The molecule has 0 fully saturated rings. The van der Waals surface area contributed by atoms with Gasteiger partial charge in [0.25, 0.3) is 0 Å². The normalized spacial score (nSPS) is 10.4. The Kier molecular flexibility index (Phi) is 193. The molecule has 0 aliphatic carbocycles. The molecule has 98 heavy (non-hydrogen) atoms. The molecule has 560 valence electrons. The van der Waals surface area contributed by atoms with Crippen molar-refractivity contribution in [2.75, 3.05) is 288 Å². The zero-order valence-corrected chi connectivity index (χ0v) is 98.6. The van der Waals surface area contributed by atoms with Gasteiger partial charge >= 0.3 is 0 Å². The molecule has 0 unspecified atom stereocenters. The van der Waals surface area contributed by atoms with Crippen molar-refractivity contribution in [3.8, 4) is 0 Å². The maximum atomic E-state index is 5.76. The molecule has 0 saturated heterocycles. The van der Waals surface area contributed by atoms with E-state index >= 15 is 0 Å². The third-order valence-corrected chi connectivity index (χ3v) is 14.5. The molecule has 0 aliphatic rings. The zero-order chi connectivity index (χ0) is 63.3. The molecule has 6 N–H and O–H groups in total. The molecule has 0 aromatic heterocycles. The monoisotopic (exact) mass is 2290 g/mol. The van der Waals surface area contributed by atoms with Gasteiger partial charge in [-0.1, -0.05) is 61.8 Å². The number of hydrogen-bond donors (Lipinski definition) is 3. The van der Waals surface area contributed by atoms with Gasteiger partial charge in [0.1, 0.15) is 0 Å². The van der Waals surface area contributed by atoms with Crippen LogP contribution in [0.5, 0.6) is 0 Å². The molecule has 0 aliphatic heterocycles. The summed E-state index contributed by atoms with van der Waals surface area (Å²) in [7, 11) is 1.87. The zero-order valence-electron chi connectivity index (χ0n) is 64.5. The average molecular weight is 2290 g/mol. The van der Waals surface area contributed by atoms with E-state index in [2.05, 4.69) is 136 Å². The van der Waals surface area contributed by atoms with Crippen molar-refractivity contribution < 1.29 is 393 Å². The van der Waals surface area contributed by atoms with Gasteiger partial charge in [0.15, 0.2) is 0 Å². The SMILES string of the molecule is C.CCC[N-]CCN(CC[N-]CCN(CCC)CCN)CCN(CC[N-]CCN)CCN(CCC)CCC.[CH2-]CCN(CCC)CC[N-]C.[CH2-]CC[N-]CCN(CC[N-]CCN(CC[CH2-])CCN)CCN(CC[N-]CCC)CCN(CC[CH2-])CC[CH2-].[Y].[Y].[Y].[Y].[Y].[Y].[Y].[Y].[Y].[Y].[Y].[Y]. The Bertz CT molecular complexity index is 1150. The second kappa shape index (κ2) is 128. The number of hydrogen-bond acceptors (Lipinski definition) is 12. The molecule has 0 rings (SSSR count). The van der Waals surface area contributed by atoms with Crippen LogP contribution in [0.4, 0.5) is 0 Å². The van der Waals surface area contributed by atoms with Crippen LogP contribution in [0.25, 0.3) is 37.2 Å². The van der Waals surface area contributed by atoms with Gasteiger partial charge in [-0.15, -0.1) is 78.5 Å². The van der Waals surface area contributed by atoms with Crippen LogP contribution in [0.3, 0.4) is 0 Å². The first-order valence-electron chi connectivity index (χ1n) is 34.6. The molecule has 0 bridgehead atoms. The van der Waals surface area contributed by atoms with E-state index in [1.54, 1.807) is 0 Å². The first-order valence-corrected chi connectivity index (χ1v) is 34.6. The van der Waals surface area contributed by atoms with Crippen LogP contribution in [0.2, 0.25) is 0 Å². The fraction of sp³-hybridized carbons (Fsp3) is 0.925. The summed E-state index contributed by atoms with van der Waals surface area (Å²) >= 11 is 0. The second-order valence-electron chi connectivity index (χ2n) is 22.3. The summed E-state index contributed by atoms with van der Waals surface area (Å²) in [5.74, 6) is 0. The Morgan fingerprint density at radius 2 is 0.398 bits per heavy atom. The van der Waals surface area contributed by atoms with Crippen molar-refractivity contribution >= 4 is 0 Å². The standard InChI is InChI=1S/C29H61N8.C28H64N9.C9H20N2.CH4.12Y/c1-6-12-31-14-23-36(24-17-33-16-22-35(20-10-5)21-11-30)27-29-37(25-15-32-13-7-2)28-26-34(18-8-3)19-9-4;1-5-11-31-13-22-36(23-16-33-15-21-35(19-8-4)20-10-30)26-28-37(24-14-32-12-9-29)27-25-34(17-6-2)18-7-3;1-4-7-11(8-5-2)9-6-10-3;;;;;;;;;;;;;/h1,3-30H2,2H3;5-30H2,1-4H3;1,4-9H2,2-3H3;1H4;;;;;;;;;;;;/q-7;-3;-2;;;;;;;;;;;;;. The van der Waals surface area contributed by atoms with Crippen molar-refractivity contribution in [1.82, 2.24) is 44.1 Å². The molecular weight excluding hydrogens is 2140 g/mol. The molecular formula is C67H149N19Y12-12. The molecule has 12 radical (unpaired) electrons. The molecule has 0 amide bonds. The maximum absolute atomic E-state index is 5.76. The summed E-state index contributed by atoms with van der Waals surface area (Å²) in [6.07, 6.45) is 11.7. The van der Waals surface area contributed by atoms with Crippen LogP contribution in [-0.4, -0.2) is 333 Å². The smallest absolute Gasteiger partial charge is 0.0109 e. The third kappa shape index (κ3) is 111. The van der Waals surface area contributed by atoms with Crippen molar-refractivity contribution in [2.45, 2.75) is 120 Å². The third-order valence-electron chi connectivity index (χ3n) is 14.5. The Morgan fingerprint density at radius 1 is 0.204 bits per heavy atom. The summed E-state index contributed by atoms with van der Waals surface area (Å²) in [6, 6.07) is 0. The summed E-state index contributed by atoms with van der Waals surface area (Å²) in [6.45, 7) is 75.3. The van der Waals surface area contributed by atoms with Crippen molar-refractivity contribution in [3.05, 3.63) is 71.8 Å². The van der Waals surface area contributed by atoms with Crippen LogP contribution in [0, 0.1) is 34.6 Å². The molecule has 31 heteroatoms. The van der Waals surface area contributed by atoms with E-state index in [0.29, 0.717) is 13.1 Å². The predicted octanol–water partition coefficient (Wildman–Crippen LogP) is 8.99. The Hall–Kier alpha value is 12.5. The van der Waals surface area contributed by atoms with Gasteiger partial charge in [0.05, 0.1) is 0 Å². The average Bonchev–Trinajstić information content (AvgIpc) is 3.71. The number of rotatable bonds is 67. The van der Waals surface area contributed by atoms with Gasteiger partial charge in [-0.05, 0) is 143 Å². The van der Waals surface area contributed by atoms with E-state index in [9.17, 15) is 0 Å². The van der Waals surface area contributed by atoms with Crippen LogP contribution in [0.1, 0.15) is 120 Å². The van der Waals surface area contributed by atoms with E-state index in [1.807, 2.05) is 7.05 Å². The molecule has 0 aromatic rings. The van der Waals surface area contributed by atoms with Gasteiger partial charge in [-0.2, -0.15) is 39.3 Å². The van der Waals surface area contributed by atoms with Gasteiger partial charge in [0.2, 0.25) is 0 Å². The minimum absolute atomic E-state index is 0. The van der Waals surface area contributed by atoms with Crippen LogP contribution in [0.15, 0.2) is 0 Å². The van der Waals surface area contributed by atoms with Crippen LogP contribution < -0.4 is 17.2 Å². The fourth-order valence-corrected chi connectivity index (χ4v) is 9.80. The Labute approximate surface area is 915 Å². The first-order chi connectivity index (χ1) is 41.6. The van der Waals surface area contributed by atoms with E-state index in [0.717, 1.165) is 294 Å². The van der Waals surface area contributed by atoms with Crippen molar-refractivity contribution in [1.29, 1.82) is 0 Å². The largest absolute Gasteiger partial charge is 0.664 e. The molecule has 0 atom stereocenters. The summed E-state index contributed by atoms with van der Waals surface area (Å²) in [5.41, 5.74) is 17.1. The van der Waals surface area contributed by atoms with Crippen LogP contribution >= 0.6 is 0 Å². The number of likely N-dealkylation sites (N-methyl/N-ethyl adjacent to an activating group) is 1. The van der Waals surface area contributed by atoms with Gasteiger partial charge in [-0.25, -0.2) is 6.42 Å². The van der Waals surface area contributed by atoms with Gasteiger partial charge in [0, 0.05) is 471 Å². The van der Waals surface area contributed by atoms with E-state index in [1.165, 1.54) is 45.3 Å². The van der Waals surface area contributed by atoms with E-state index < -0.39 is 0 Å². The molecule has 0 heterocycles. The molecule has 0 spiro atoms. The van der Waals surface area contributed by atoms with Crippen molar-refractivity contribution in [2.24, 2.45) is 17.2 Å². The minimum Gasteiger partial charge on any atom is -0.664 e. The minimum atomic E-state index is 0. The Morgan fingerprint density at radius 3 is 0.622 bits per heavy atom. The maximum Gasteiger partial charge on any atom is 0.0109 e. The molecule has 0 aromatic carbocycles. The summed E-state index contributed by atoms with van der Waals surface area (Å²) in [5, 5.41) is 32.4. The van der Waals surface area contributed by atoms with E-state index in [4.69, 9.17) is 38.5 Å². The molecule has 0 saturated carbocycles.